The number of para-hydroxylation sites is 1. The van der Waals surface area contributed by atoms with Crippen LogP contribution >= 0.6 is 0 Å². The van der Waals surface area contributed by atoms with Crippen LogP contribution < -0.4 is 9.64 Å². The summed E-state index contributed by atoms with van der Waals surface area (Å²) in [5.41, 5.74) is 3.70. The first-order chi connectivity index (χ1) is 15.2. The summed E-state index contributed by atoms with van der Waals surface area (Å²) in [6.45, 7) is 4.21. The summed E-state index contributed by atoms with van der Waals surface area (Å²) in [6, 6.07) is 23.4. The molecule has 0 amide bonds. The summed E-state index contributed by atoms with van der Waals surface area (Å²) in [6.07, 6.45) is 0. The Bertz CT molecular complexity index is 1180. The molecule has 3 aromatic carbocycles. The third-order valence-electron chi connectivity index (χ3n) is 5.89. The Morgan fingerprint density at radius 2 is 1.65 bits per heavy atom. The third kappa shape index (κ3) is 4.01. The number of fused-ring (bicyclic) bond motifs is 1. The fraction of sp³-hybridized carbons (Fsp3) is 0.231. The number of benzene rings is 3. The first-order valence-electron chi connectivity index (χ1n) is 10.6. The van der Waals surface area contributed by atoms with Gasteiger partial charge in [0.1, 0.15) is 11.6 Å². The number of halogens is 1. The first kappa shape index (κ1) is 19.6. The van der Waals surface area contributed by atoms with E-state index in [4.69, 9.17) is 9.15 Å². The van der Waals surface area contributed by atoms with Crippen LogP contribution in [0.3, 0.4) is 0 Å². The molecular weight excluding hydrogens is 391 g/mol. The highest BCUT2D eigenvalue weighted by atomic mass is 19.1. The Morgan fingerprint density at radius 3 is 2.39 bits per heavy atom. The number of rotatable bonds is 5. The van der Waals surface area contributed by atoms with Gasteiger partial charge in [0, 0.05) is 43.7 Å². The molecule has 0 radical (unpaired) electrons. The van der Waals surface area contributed by atoms with Gasteiger partial charge in [-0.3, -0.25) is 4.90 Å². The van der Waals surface area contributed by atoms with Crippen LogP contribution in [-0.2, 0) is 6.54 Å². The highest BCUT2D eigenvalue weighted by molar-refractivity contribution is 5.88. The summed E-state index contributed by atoms with van der Waals surface area (Å²) < 4.78 is 25.8. The Morgan fingerprint density at radius 1 is 0.903 bits per heavy atom. The second-order valence-electron chi connectivity index (χ2n) is 7.91. The minimum Gasteiger partial charge on any atom is -0.493 e. The normalized spacial score (nSPS) is 14.8. The van der Waals surface area contributed by atoms with Crippen molar-refractivity contribution in [3.05, 3.63) is 84.2 Å². The lowest BCUT2D eigenvalue weighted by atomic mass is 10.1. The lowest BCUT2D eigenvalue weighted by Gasteiger charge is -2.36. The van der Waals surface area contributed by atoms with Gasteiger partial charge in [0.25, 0.3) is 0 Å². The van der Waals surface area contributed by atoms with Gasteiger partial charge in [0.05, 0.1) is 12.8 Å². The van der Waals surface area contributed by atoms with Gasteiger partial charge in [-0.25, -0.2) is 4.39 Å². The van der Waals surface area contributed by atoms with Crippen molar-refractivity contribution >= 4 is 16.7 Å². The molecule has 1 aliphatic rings. The van der Waals surface area contributed by atoms with Crippen LogP contribution in [0.4, 0.5) is 10.1 Å². The van der Waals surface area contributed by atoms with Gasteiger partial charge < -0.3 is 14.1 Å². The Labute approximate surface area is 181 Å². The standard InChI is InChI=1S/C26H25FN2O2/c1-30-25-16-19(15-21-17-24(31-26(21)25)20-7-3-2-4-8-20)18-28-11-13-29(14-12-28)23-10-6-5-9-22(23)27/h2-10,15-17H,11-14,18H2,1H3. The average Bonchev–Trinajstić information content (AvgIpc) is 3.24. The predicted molar refractivity (Wildman–Crippen MR) is 122 cm³/mol. The molecule has 5 heteroatoms. The van der Waals surface area contributed by atoms with Crippen molar-refractivity contribution in [2.24, 2.45) is 0 Å². The van der Waals surface area contributed by atoms with Crippen LogP contribution in [0.1, 0.15) is 5.56 Å². The maximum absolute atomic E-state index is 14.1. The highest BCUT2D eigenvalue weighted by Crippen LogP contribution is 2.35. The quantitative estimate of drug-likeness (QED) is 0.425. The molecule has 31 heavy (non-hydrogen) atoms. The van der Waals surface area contributed by atoms with Gasteiger partial charge in [-0.15, -0.1) is 0 Å². The molecule has 4 nitrogen and oxygen atoms in total. The minimum absolute atomic E-state index is 0.152. The van der Waals surface area contributed by atoms with E-state index in [9.17, 15) is 4.39 Å². The van der Waals surface area contributed by atoms with E-state index in [-0.39, 0.29) is 5.82 Å². The van der Waals surface area contributed by atoms with Gasteiger partial charge in [0.15, 0.2) is 11.3 Å². The number of piperazine rings is 1. The Balaban J connectivity index is 1.33. The average molecular weight is 416 g/mol. The molecule has 2 heterocycles. The first-order valence-corrected chi connectivity index (χ1v) is 10.6. The maximum atomic E-state index is 14.1. The maximum Gasteiger partial charge on any atom is 0.176 e. The second-order valence-corrected chi connectivity index (χ2v) is 7.91. The summed E-state index contributed by atoms with van der Waals surface area (Å²) >= 11 is 0. The van der Waals surface area contributed by atoms with Crippen LogP contribution in [0.5, 0.6) is 5.75 Å². The van der Waals surface area contributed by atoms with Crippen LogP contribution in [0.2, 0.25) is 0 Å². The number of anilines is 1. The minimum atomic E-state index is -0.152. The Hall–Kier alpha value is -3.31. The van der Waals surface area contributed by atoms with Crippen molar-refractivity contribution in [1.29, 1.82) is 0 Å². The second kappa shape index (κ2) is 8.44. The summed E-state index contributed by atoms with van der Waals surface area (Å²) in [5.74, 6) is 1.43. The molecule has 1 aliphatic heterocycles. The fourth-order valence-electron chi connectivity index (χ4n) is 4.28. The predicted octanol–water partition coefficient (Wildman–Crippen LogP) is 5.57. The number of methoxy groups -OCH3 is 1. The molecule has 0 bridgehead atoms. The smallest absolute Gasteiger partial charge is 0.176 e. The molecule has 1 aromatic heterocycles. The van der Waals surface area contributed by atoms with E-state index in [2.05, 4.69) is 28.0 Å². The van der Waals surface area contributed by atoms with Crippen molar-refractivity contribution in [2.75, 3.05) is 38.2 Å². The zero-order chi connectivity index (χ0) is 21.2. The Kier molecular flexibility index (Phi) is 5.35. The third-order valence-corrected chi connectivity index (χ3v) is 5.89. The molecule has 158 valence electrons. The van der Waals surface area contributed by atoms with Crippen molar-refractivity contribution in [1.82, 2.24) is 4.90 Å². The topological polar surface area (TPSA) is 28.9 Å². The zero-order valence-corrected chi connectivity index (χ0v) is 17.6. The summed E-state index contributed by atoms with van der Waals surface area (Å²) in [7, 11) is 1.68. The number of hydrogen-bond donors (Lipinski definition) is 0. The van der Waals surface area contributed by atoms with Crippen LogP contribution in [0.25, 0.3) is 22.3 Å². The van der Waals surface area contributed by atoms with Gasteiger partial charge in [-0.2, -0.15) is 0 Å². The van der Waals surface area contributed by atoms with E-state index in [1.165, 1.54) is 11.6 Å². The highest BCUT2D eigenvalue weighted by Gasteiger charge is 2.20. The van der Waals surface area contributed by atoms with Crippen LogP contribution in [-0.4, -0.2) is 38.2 Å². The molecule has 1 fully saturated rings. The number of nitrogens with zero attached hydrogens (tertiary/aromatic N) is 2. The molecule has 0 aliphatic carbocycles. The van der Waals surface area contributed by atoms with Gasteiger partial charge >= 0.3 is 0 Å². The van der Waals surface area contributed by atoms with E-state index < -0.39 is 0 Å². The van der Waals surface area contributed by atoms with Gasteiger partial charge in [0.2, 0.25) is 0 Å². The van der Waals surface area contributed by atoms with Crippen molar-refractivity contribution in [3.63, 3.8) is 0 Å². The molecule has 0 unspecified atom stereocenters. The largest absolute Gasteiger partial charge is 0.493 e. The van der Waals surface area contributed by atoms with Crippen molar-refractivity contribution < 1.29 is 13.5 Å². The summed E-state index contributed by atoms with van der Waals surface area (Å²) in [4.78, 5) is 4.52. The molecule has 4 aromatic rings. The molecule has 0 atom stereocenters. The van der Waals surface area contributed by atoms with E-state index in [0.29, 0.717) is 5.69 Å². The van der Waals surface area contributed by atoms with Crippen molar-refractivity contribution in [3.8, 4) is 17.1 Å². The number of furan rings is 1. The molecule has 0 saturated carbocycles. The van der Waals surface area contributed by atoms with Crippen LogP contribution in [0.15, 0.2) is 77.2 Å². The van der Waals surface area contributed by atoms with Gasteiger partial charge in [-0.1, -0.05) is 42.5 Å². The molecule has 0 spiro atoms. The van der Waals surface area contributed by atoms with E-state index in [1.807, 2.05) is 42.5 Å². The molecule has 5 rings (SSSR count). The zero-order valence-electron chi connectivity index (χ0n) is 17.6. The fourth-order valence-corrected chi connectivity index (χ4v) is 4.28. The number of ether oxygens (including phenoxy) is 1. The monoisotopic (exact) mass is 416 g/mol. The van der Waals surface area contributed by atoms with E-state index in [1.54, 1.807) is 13.2 Å². The molecule has 1 saturated heterocycles. The van der Waals surface area contributed by atoms with Gasteiger partial charge in [-0.05, 0) is 35.9 Å². The SMILES string of the molecule is COc1cc(CN2CCN(c3ccccc3F)CC2)cc2cc(-c3ccccc3)oc12. The molecular formula is C26H25FN2O2. The van der Waals surface area contributed by atoms with E-state index in [0.717, 1.165) is 60.8 Å². The van der Waals surface area contributed by atoms with Crippen molar-refractivity contribution in [2.45, 2.75) is 6.54 Å². The number of hydrogen-bond acceptors (Lipinski definition) is 4. The lowest BCUT2D eigenvalue weighted by molar-refractivity contribution is 0.249. The summed E-state index contributed by atoms with van der Waals surface area (Å²) in [5, 5.41) is 1.04. The van der Waals surface area contributed by atoms with E-state index >= 15 is 0 Å². The lowest BCUT2D eigenvalue weighted by Crippen LogP contribution is -2.46. The molecule has 0 N–H and O–H groups in total. The van der Waals surface area contributed by atoms with Crippen LogP contribution in [0, 0.1) is 5.82 Å².